The first-order chi connectivity index (χ1) is 13.8. The van der Waals surface area contributed by atoms with Gasteiger partial charge in [0.25, 0.3) is 5.91 Å². The van der Waals surface area contributed by atoms with Crippen molar-refractivity contribution in [2.45, 2.75) is 46.2 Å². The van der Waals surface area contributed by atoms with Crippen LogP contribution in [0, 0.1) is 0 Å². The topological polar surface area (TPSA) is 101 Å². The van der Waals surface area contributed by atoms with E-state index in [-0.39, 0.29) is 41.9 Å². The van der Waals surface area contributed by atoms with E-state index in [4.69, 9.17) is 9.15 Å². The fraction of sp³-hybridized carbons (Fsp3) is 0.476. The van der Waals surface area contributed by atoms with Gasteiger partial charge in [0.1, 0.15) is 11.5 Å². The van der Waals surface area contributed by atoms with Crippen molar-refractivity contribution in [2.24, 2.45) is 4.99 Å². The van der Waals surface area contributed by atoms with Crippen molar-refractivity contribution < 1.29 is 13.9 Å². The lowest BCUT2D eigenvalue weighted by molar-refractivity contribution is -0.122. The number of guanidine groups is 1. The predicted molar refractivity (Wildman–Crippen MR) is 128 cm³/mol. The van der Waals surface area contributed by atoms with Crippen molar-refractivity contribution >= 4 is 35.8 Å². The molecule has 0 aliphatic heterocycles. The summed E-state index contributed by atoms with van der Waals surface area (Å²) in [7, 11) is 1.71. The zero-order chi connectivity index (χ0) is 21.3. The number of nitrogens with zero attached hydrogens (tertiary/aromatic N) is 2. The monoisotopic (exact) mass is 529 g/mol. The van der Waals surface area contributed by atoms with Crippen molar-refractivity contribution in [3.63, 3.8) is 0 Å². The van der Waals surface area contributed by atoms with Crippen molar-refractivity contribution in [1.82, 2.24) is 20.9 Å². The van der Waals surface area contributed by atoms with Gasteiger partial charge in [-0.1, -0.05) is 32.9 Å². The number of oxazole rings is 1. The quantitative estimate of drug-likeness (QED) is 0.276. The Morgan fingerprint density at radius 1 is 1.20 bits per heavy atom. The van der Waals surface area contributed by atoms with E-state index in [2.05, 4.69) is 46.7 Å². The molecule has 8 nitrogen and oxygen atoms in total. The van der Waals surface area contributed by atoms with Crippen LogP contribution in [0.4, 0.5) is 0 Å². The number of aliphatic imine (C=N–C) groups is 1. The summed E-state index contributed by atoms with van der Waals surface area (Å²) >= 11 is 0. The van der Waals surface area contributed by atoms with Gasteiger partial charge in [0.2, 0.25) is 5.89 Å². The molecule has 1 aromatic carbocycles. The molecule has 0 unspecified atom stereocenters. The number of hydrogen-bond donors (Lipinski definition) is 3. The number of likely N-dealkylation sites (N-methyl/N-ethyl adjacent to an activating group) is 1. The molecule has 30 heavy (non-hydrogen) atoms. The second-order valence-corrected chi connectivity index (χ2v) is 7.54. The Labute approximate surface area is 195 Å². The van der Waals surface area contributed by atoms with Gasteiger partial charge in [-0.25, -0.2) is 4.98 Å². The molecule has 0 atom stereocenters. The highest BCUT2D eigenvalue weighted by Gasteiger charge is 2.19. The lowest BCUT2D eigenvalue weighted by Crippen LogP contribution is -2.36. The molecule has 0 fully saturated rings. The SMILES string of the molecule is CCNC(=O)COc1cccc(CNC(=NC)NCc2ncc(C(C)(C)C)o2)c1.I. The molecule has 166 valence electrons. The number of hydrogen-bond acceptors (Lipinski definition) is 5. The van der Waals surface area contributed by atoms with Crippen LogP contribution in [0.25, 0.3) is 0 Å². The van der Waals surface area contributed by atoms with E-state index in [0.29, 0.717) is 37.2 Å². The molecule has 2 rings (SSSR count). The Morgan fingerprint density at radius 3 is 2.57 bits per heavy atom. The zero-order valence-electron chi connectivity index (χ0n) is 18.2. The minimum atomic E-state index is -0.137. The van der Waals surface area contributed by atoms with Crippen LogP contribution in [-0.2, 0) is 23.3 Å². The Balaban J connectivity index is 0.00000450. The minimum Gasteiger partial charge on any atom is -0.484 e. The number of carbonyl (C=O) groups is 1. The summed E-state index contributed by atoms with van der Waals surface area (Å²) in [5, 5.41) is 9.13. The molecule has 2 aromatic rings. The van der Waals surface area contributed by atoms with Gasteiger partial charge in [0.15, 0.2) is 12.6 Å². The van der Waals surface area contributed by atoms with Gasteiger partial charge >= 0.3 is 0 Å². The van der Waals surface area contributed by atoms with E-state index < -0.39 is 0 Å². The van der Waals surface area contributed by atoms with Crippen molar-refractivity contribution in [3.8, 4) is 5.75 Å². The molecule has 0 saturated heterocycles. The van der Waals surface area contributed by atoms with Gasteiger partial charge in [-0.15, -0.1) is 24.0 Å². The summed E-state index contributed by atoms with van der Waals surface area (Å²) in [5.74, 6) is 2.60. The van der Waals surface area contributed by atoms with Crippen molar-refractivity contribution in [1.29, 1.82) is 0 Å². The average Bonchev–Trinajstić information content (AvgIpc) is 3.17. The number of carbonyl (C=O) groups excluding carboxylic acids is 1. The number of benzene rings is 1. The molecule has 0 bridgehead atoms. The Kier molecular flexibility index (Phi) is 10.6. The van der Waals surface area contributed by atoms with Crippen LogP contribution in [0.2, 0.25) is 0 Å². The summed E-state index contributed by atoms with van der Waals surface area (Å²) in [6.45, 7) is 9.70. The van der Waals surface area contributed by atoms with Gasteiger partial charge in [0.05, 0.1) is 12.7 Å². The van der Waals surface area contributed by atoms with Crippen LogP contribution >= 0.6 is 24.0 Å². The zero-order valence-corrected chi connectivity index (χ0v) is 20.6. The van der Waals surface area contributed by atoms with Gasteiger partial charge in [-0.3, -0.25) is 9.79 Å². The highest BCUT2D eigenvalue weighted by molar-refractivity contribution is 14.0. The molecule has 9 heteroatoms. The van der Waals surface area contributed by atoms with E-state index in [1.165, 1.54) is 0 Å². The summed E-state index contributed by atoms with van der Waals surface area (Å²) in [6, 6.07) is 7.58. The summed E-state index contributed by atoms with van der Waals surface area (Å²) < 4.78 is 11.3. The predicted octanol–water partition coefficient (Wildman–Crippen LogP) is 2.97. The van der Waals surface area contributed by atoms with Crippen LogP contribution in [0.3, 0.4) is 0 Å². The molecule has 1 aromatic heterocycles. The first-order valence-electron chi connectivity index (χ1n) is 9.70. The number of halogens is 1. The molecule has 0 aliphatic rings. The Hall–Kier alpha value is -2.30. The van der Waals surface area contributed by atoms with Crippen LogP contribution in [-0.4, -0.2) is 37.1 Å². The molecule has 0 spiro atoms. The van der Waals surface area contributed by atoms with Gasteiger partial charge < -0.3 is 25.1 Å². The Bertz CT molecular complexity index is 830. The smallest absolute Gasteiger partial charge is 0.257 e. The maximum absolute atomic E-state index is 11.5. The number of ether oxygens (including phenoxy) is 1. The van der Waals surface area contributed by atoms with Crippen LogP contribution in [0.15, 0.2) is 39.9 Å². The van der Waals surface area contributed by atoms with Gasteiger partial charge in [0, 0.05) is 25.6 Å². The van der Waals surface area contributed by atoms with Crippen LogP contribution in [0.1, 0.15) is 44.9 Å². The third kappa shape index (κ3) is 8.60. The molecule has 3 N–H and O–H groups in total. The van der Waals surface area contributed by atoms with E-state index in [1.54, 1.807) is 13.2 Å². The van der Waals surface area contributed by atoms with E-state index in [1.807, 2.05) is 31.2 Å². The standard InChI is InChI=1S/C21H31N5O3.HI/c1-6-23-18(27)14-28-16-9-7-8-15(10-16)11-25-20(22-5)26-13-19-24-12-17(29-19)21(2,3)4;/h7-10,12H,6,11,13-14H2,1-5H3,(H,23,27)(H2,22,25,26);1H. The fourth-order valence-corrected chi connectivity index (χ4v) is 2.45. The number of aromatic nitrogens is 1. The Morgan fingerprint density at radius 2 is 1.93 bits per heavy atom. The molecule has 0 saturated carbocycles. The van der Waals surface area contributed by atoms with Gasteiger partial charge in [-0.2, -0.15) is 0 Å². The molecular weight excluding hydrogens is 497 g/mol. The first-order valence-corrected chi connectivity index (χ1v) is 9.70. The van der Waals surface area contributed by atoms with Gasteiger partial charge in [-0.05, 0) is 24.6 Å². The highest BCUT2D eigenvalue weighted by Crippen LogP contribution is 2.22. The maximum atomic E-state index is 11.5. The van der Waals surface area contributed by atoms with E-state index >= 15 is 0 Å². The van der Waals surface area contributed by atoms with Crippen molar-refractivity contribution in [2.75, 3.05) is 20.2 Å². The van der Waals surface area contributed by atoms with Crippen LogP contribution in [0.5, 0.6) is 5.75 Å². The number of rotatable bonds is 8. The van der Waals surface area contributed by atoms with E-state index in [0.717, 1.165) is 11.3 Å². The molecule has 1 amide bonds. The number of amides is 1. The van der Waals surface area contributed by atoms with E-state index in [9.17, 15) is 4.79 Å². The molecular formula is C21H32IN5O3. The summed E-state index contributed by atoms with van der Waals surface area (Å²) in [5.41, 5.74) is 0.933. The maximum Gasteiger partial charge on any atom is 0.257 e. The third-order valence-electron chi connectivity index (χ3n) is 4.03. The highest BCUT2D eigenvalue weighted by atomic mass is 127. The lowest BCUT2D eigenvalue weighted by atomic mass is 9.94. The minimum absolute atomic E-state index is 0. The largest absolute Gasteiger partial charge is 0.484 e. The summed E-state index contributed by atoms with van der Waals surface area (Å²) in [6.07, 6.45) is 1.76. The van der Waals surface area contributed by atoms with Crippen molar-refractivity contribution in [3.05, 3.63) is 47.7 Å². The molecule has 1 heterocycles. The normalized spacial score (nSPS) is 11.4. The summed E-state index contributed by atoms with van der Waals surface area (Å²) in [4.78, 5) is 20.0. The molecule has 0 aliphatic carbocycles. The second kappa shape index (κ2) is 12.4. The third-order valence-corrected chi connectivity index (χ3v) is 4.03. The first kappa shape index (κ1) is 25.7. The second-order valence-electron chi connectivity index (χ2n) is 7.54. The average molecular weight is 529 g/mol. The number of nitrogens with one attached hydrogen (secondary N) is 3. The fourth-order valence-electron chi connectivity index (χ4n) is 2.45. The molecule has 0 radical (unpaired) electrons. The van der Waals surface area contributed by atoms with Crippen LogP contribution < -0.4 is 20.7 Å². The lowest BCUT2D eigenvalue weighted by Gasteiger charge is -2.13.